The first kappa shape index (κ1) is 19.9. The fourth-order valence-electron chi connectivity index (χ4n) is 4.48. The third kappa shape index (κ3) is 3.49. The highest BCUT2D eigenvalue weighted by molar-refractivity contribution is 7.17. The van der Waals surface area contributed by atoms with Crippen LogP contribution in [0.4, 0.5) is 0 Å². The molecule has 1 amide bonds. The van der Waals surface area contributed by atoms with E-state index < -0.39 is 5.00 Å². The van der Waals surface area contributed by atoms with Crippen molar-refractivity contribution in [2.75, 3.05) is 19.9 Å². The molecule has 1 aliphatic carbocycles. The largest absolute Gasteiger partial charge is 0.366 e. The van der Waals surface area contributed by atoms with Crippen LogP contribution in [0.15, 0.2) is 17.5 Å². The molecule has 6 nitrogen and oxygen atoms in total. The zero-order valence-electron chi connectivity index (χ0n) is 15.9. The van der Waals surface area contributed by atoms with E-state index in [2.05, 4.69) is 0 Å². The summed E-state index contributed by atoms with van der Waals surface area (Å²) in [7, 11) is 0. The van der Waals surface area contributed by atoms with Gasteiger partial charge in [-0.25, -0.2) is 0 Å². The zero-order chi connectivity index (χ0) is 19.7. The van der Waals surface area contributed by atoms with Crippen LogP contribution < -0.4 is 5.73 Å². The van der Waals surface area contributed by atoms with E-state index in [1.165, 1.54) is 12.8 Å². The van der Waals surface area contributed by atoms with E-state index >= 15 is 0 Å². The van der Waals surface area contributed by atoms with Crippen molar-refractivity contribution in [3.63, 3.8) is 0 Å². The Kier molecular flexibility index (Phi) is 5.78. The molecular weight excluding hydrogens is 398 g/mol. The van der Waals surface area contributed by atoms with Crippen LogP contribution in [0.25, 0.3) is 10.2 Å². The molecule has 2 N–H and O–H groups in total. The fourth-order valence-corrected chi connectivity index (χ4v) is 5.66. The molecule has 1 unspecified atom stereocenters. The number of nitrogens with two attached hydrogens (primary N) is 1. The number of aromatic nitrogens is 1. The van der Waals surface area contributed by atoms with Crippen LogP contribution in [-0.4, -0.2) is 46.0 Å². The van der Waals surface area contributed by atoms with E-state index in [1.54, 1.807) is 16.2 Å². The molecular formula is C20H26ClN3O3S. The predicted octanol–water partition coefficient (Wildman–Crippen LogP) is 3.57. The summed E-state index contributed by atoms with van der Waals surface area (Å²) in [5.41, 5.74) is 6.95. The predicted molar refractivity (Wildman–Crippen MR) is 111 cm³/mol. The third-order valence-electron chi connectivity index (χ3n) is 5.95. The van der Waals surface area contributed by atoms with E-state index in [-0.39, 0.29) is 18.4 Å². The van der Waals surface area contributed by atoms with Gasteiger partial charge in [-0.05, 0) is 29.9 Å². The summed E-state index contributed by atoms with van der Waals surface area (Å²) >= 11 is 8.59. The summed E-state index contributed by atoms with van der Waals surface area (Å²) < 4.78 is 8.17. The molecule has 1 fully saturated rings. The number of ether oxygens (including phenoxy) is 1. The minimum atomic E-state index is -1.34. The van der Waals surface area contributed by atoms with Gasteiger partial charge in [-0.15, -0.1) is 11.3 Å². The monoisotopic (exact) mass is 423 g/mol. The molecule has 2 aliphatic rings. The van der Waals surface area contributed by atoms with Gasteiger partial charge < -0.3 is 19.9 Å². The van der Waals surface area contributed by atoms with Gasteiger partial charge in [0.1, 0.15) is 5.69 Å². The van der Waals surface area contributed by atoms with Crippen molar-refractivity contribution >= 4 is 44.8 Å². The number of amides is 1. The van der Waals surface area contributed by atoms with Crippen molar-refractivity contribution in [2.45, 2.75) is 50.1 Å². The smallest absolute Gasteiger partial charge is 0.272 e. The Bertz CT molecular complexity index is 873. The maximum absolute atomic E-state index is 13.3. The average molecular weight is 424 g/mol. The van der Waals surface area contributed by atoms with Crippen molar-refractivity contribution in [3.8, 4) is 0 Å². The van der Waals surface area contributed by atoms with Crippen LogP contribution in [0.5, 0.6) is 0 Å². The summed E-state index contributed by atoms with van der Waals surface area (Å²) in [6, 6.07) is 3.89. The van der Waals surface area contributed by atoms with Gasteiger partial charge in [-0.2, -0.15) is 0 Å². The second kappa shape index (κ2) is 8.14. The highest BCUT2D eigenvalue weighted by Crippen LogP contribution is 2.39. The van der Waals surface area contributed by atoms with E-state index in [0.29, 0.717) is 44.1 Å². The van der Waals surface area contributed by atoms with Gasteiger partial charge in [0.15, 0.2) is 10.8 Å². The first-order chi connectivity index (χ1) is 13.5. The van der Waals surface area contributed by atoms with E-state index in [9.17, 15) is 9.59 Å². The van der Waals surface area contributed by atoms with E-state index in [1.807, 2.05) is 22.1 Å². The van der Waals surface area contributed by atoms with Crippen molar-refractivity contribution in [3.05, 3.63) is 23.2 Å². The normalized spacial score (nSPS) is 22.9. The molecule has 1 atom stereocenters. The SMILES string of the molecule is NCOCCCN1C(=O)c2cc3sccc3n2CC1(Cl)C(=O)CC1CCCC1. The van der Waals surface area contributed by atoms with Gasteiger partial charge in [0.2, 0.25) is 0 Å². The quantitative estimate of drug-likeness (QED) is 0.305. The molecule has 4 rings (SSSR count). The van der Waals surface area contributed by atoms with Crippen LogP contribution in [0, 0.1) is 5.92 Å². The average Bonchev–Trinajstić information content (AvgIpc) is 3.39. The molecule has 1 aliphatic heterocycles. The lowest BCUT2D eigenvalue weighted by Crippen LogP contribution is -2.59. The number of Topliss-reactive ketones (excluding diaryl/α,β-unsaturated/α-hetero) is 1. The van der Waals surface area contributed by atoms with Gasteiger partial charge in [0, 0.05) is 13.0 Å². The highest BCUT2D eigenvalue weighted by atomic mass is 35.5. The Morgan fingerprint density at radius 1 is 1.39 bits per heavy atom. The minimum Gasteiger partial charge on any atom is -0.366 e. The lowest BCUT2D eigenvalue weighted by Gasteiger charge is -2.42. The van der Waals surface area contributed by atoms with Gasteiger partial charge in [0.05, 0.1) is 30.1 Å². The number of carbonyl (C=O) groups is 2. The molecule has 1 saturated carbocycles. The number of nitrogens with zero attached hydrogens (tertiary/aromatic N) is 2. The molecule has 152 valence electrons. The van der Waals surface area contributed by atoms with Crippen LogP contribution in [0.3, 0.4) is 0 Å². The Morgan fingerprint density at radius 3 is 2.93 bits per heavy atom. The van der Waals surface area contributed by atoms with Crippen molar-refractivity contribution in [2.24, 2.45) is 11.7 Å². The number of hydrogen-bond donors (Lipinski definition) is 1. The molecule has 0 bridgehead atoms. The van der Waals surface area contributed by atoms with Gasteiger partial charge in [0.25, 0.3) is 5.91 Å². The lowest BCUT2D eigenvalue weighted by atomic mass is 9.94. The van der Waals surface area contributed by atoms with Crippen LogP contribution in [0.1, 0.15) is 49.0 Å². The molecule has 2 aromatic heterocycles. The topological polar surface area (TPSA) is 77.6 Å². The highest BCUT2D eigenvalue weighted by Gasteiger charge is 2.49. The lowest BCUT2D eigenvalue weighted by molar-refractivity contribution is -0.127. The summed E-state index contributed by atoms with van der Waals surface area (Å²) in [6.45, 7) is 1.23. The van der Waals surface area contributed by atoms with E-state index in [0.717, 1.165) is 23.1 Å². The number of rotatable bonds is 8. The summed E-state index contributed by atoms with van der Waals surface area (Å²) in [5, 5.41) is 2.00. The van der Waals surface area contributed by atoms with E-state index in [4.69, 9.17) is 22.1 Å². The summed E-state index contributed by atoms with van der Waals surface area (Å²) in [4.78, 5) is 26.9. The number of hydrogen-bond acceptors (Lipinski definition) is 5. The molecule has 0 aromatic carbocycles. The van der Waals surface area contributed by atoms with Crippen LogP contribution >= 0.6 is 22.9 Å². The Labute approximate surface area is 173 Å². The molecule has 28 heavy (non-hydrogen) atoms. The van der Waals surface area contributed by atoms with Crippen LogP contribution in [-0.2, 0) is 16.1 Å². The Hall–Kier alpha value is -1.41. The van der Waals surface area contributed by atoms with Crippen molar-refractivity contribution in [1.82, 2.24) is 9.47 Å². The second-order valence-electron chi connectivity index (χ2n) is 7.71. The van der Waals surface area contributed by atoms with Gasteiger partial charge in [-0.1, -0.05) is 37.3 Å². The first-order valence-electron chi connectivity index (χ1n) is 9.93. The zero-order valence-corrected chi connectivity index (χ0v) is 17.4. The molecule has 0 spiro atoms. The number of carbonyl (C=O) groups excluding carboxylic acids is 2. The summed E-state index contributed by atoms with van der Waals surface area (Å²) in [5.74, 6) is 0.155. The Morgan fingerprint density at radius 2 is 2.18 bits per heavy atom. The number of ketones is 1. The molecule has 8 heteroatoms. The number of fused-ring (bicyclic) bond motifs is 3. The van der Waals surface area contributed by atoms with Crippen LogP contribution in [0.2, 0.25) is 0 Å². The maximum atomic E-state index is 13.3. The van der Waals surface area contributed by atoms with Gasteiger partial charge >= 0.3 is 0 Å². The maximum Gasteiger partial charge on any atom is 0.272 e. The molecule has 2 aromatic rings. The minimum absolute atomic E-state index is 0.0445. The summed E-state index contributed by atoms with van der Waals surface area (Å²) in [6.07, 6.45) is 5.51. The first-order valence-corrected chi connectivity index (χ1v) is 11.2. The molecule has 3 heterocycles. The second-order valence-corrected chi connectivity index (χ2v) is 9.28. The number of thiophene rings is 1. The number of halogens is 1. The van der Waals surface area contributed by atoms with Crippen molar-refractivity contribution < 1.29 is 14.3 Å². The standard InChI is InChI=1S/C20H26ClN3O3S/c21-20(18(25)10-14-4-1-2-5-14)12-23-15-6-9-28-17(15)11-16(23)19(26)24(20)7-3-8-27-13-22/h6,9,11,14H,1-5,7-8,10,12-13,22H2. The molecule has 0 radical (unpaired) electrons. The third-order valence-corrected chi connectivity index (χ3v) is 7.33. The fraction of sp³-hybridized carbons (Fsp3) is 0.600. The van der Waals surface area contributed by atoms with Gasteiger partial charge in [-0.3, -0.25) is 9.59 Å². The Balaban J connectivity index is 1.64. The van der Waals surface area contributed by atoms with Crippen molar-refractivity contribution in [1.29, 1.82) is 0 Å². The number of alkyl halides is 1. The molecule has 0 saturated heterocycles.